The summed E-state index contributed by atoms with van der Waals surface area (Å²) < 4.78 is 1.78. The van der Waals surface area contributed by atoms with Gasteiger partial charge in [0.1, 0.15) is 5.69 Å². The van der Waals surface area contributed by atoms with Gasteiger partial charge in [0.15, 0.2) is 0 Å². The third-order valence-electron chi connectivity index (χ3n) is 4.01. The third-order valence-corrected chi connectivity index (χ3v) is 4.01. The molecule has 18 heavy (non-hydrogen) atoms. The zero-order valence-electron chi connectivity index (χ0n) is 11.4. The molecule has 100 valence electrons. The number of rotatable bonds is 3. The molecule has 1 fully saturated rings. The SMILES string of the molecule is CNC1CCC(N(C)C(=O)c2cncn2C)CC1. The van der Waals surface area contributed by atoms with E-state index in [0.29, 0.717) is 17.8 Å². The number of aryl methyl sites for hydroxylation is 1. The number of imidazole rings is 1. The second kappa shape index (κ2) is 5.52. The van der Waals surface area contributed by atoms with Crippen molar-refractivity contribution in [2.75, 3.05) is 14.1 Å². The highest BCUT2D eigenvalue weighted by Gasteiger charge is 2.27. The first-order chi connectivity index (χ1) is 8.63. The second-order valence-corrected chi connectivity index (χ2v) is 5.10. The van der Waals surface area contributed by atoms with Gasteiger partial charge in [-0.1, -0.05) is 0 Å². The van der Waals surface area contributed by atoms with Gasteiger partial charge >= 0.3 is 0 Å². The van der Waals surface area contributed by atoms with Crippen LogP contribution in [0.25, 0.3) is 0 Å². The van der Waals surface area contributed by atoms with Crippen molar-refractivity contribution in [1.82, 2.24) is 19.8 Å². The molecule has 0 aromatic carbocycles. The second-order valence-electron chi connectivity index (χ2n) is 5.10. The molecule has 0 aliphatic heterocycles. The molecule has 5 heteroatoms. The highest BCUT2D eigenvalue weighted by atomic mass is 16.2. The lowest BCUT2D eigenvalue weighted by Gasteiger charge is -2.34. The van der Waals surface area contributed by atoms with Gasteiger partial charge in [0.2, 0.25) is 0 Å². The van der Waals surface area contributed by atoms with E-state index in [1.807, 2.05) is 26.0 Å². The fourth-order valence-electron chi connectivity index (χ4n) is 2.66. The van der Waals surface area contributed by atoms with E-state index in [1.54, 1.807) is 17.1 Å². The van der Waals surface area contributed by atoms with E-state index in [9.17, 15) is 4.79 Å². The predicted molar refractivity (Wildman–Crippen MR) is 70.4 cm³/mol. The molecule has 0 unspecified atom stereocenters. The third kappa shape index (κ3) is 2.56. The van der Waals surface area contributed by atoms with Gasteiger partial charge in [-0.3, -0.25) is 4.79 Å². The monoisotopic (exact) mass is 250 g/mol. The molecule has 1 aromatic rings. The number of aromatic nitrogens is 2. The molecule has 0 saturated heterocycles. The fraction of sp³-hybridized carbons (Fsp3) is 0.692. The number of amides is 1. The van der Waals surface area contributed by atoms with Crippen molar-refractivity contribution >= 4 is 5.91 Å². The van der Waals surface area contributed by atoms with Crippen LogP contribution in [0.1, 0.15) is 36.2 Å². The maximum absolute atomic E-state index is 12.3. The van der Waals surface area contributed by atoms with E-state index in [2.05, 4.69) is 10.3 Å². The average molecular weight is 250 g/mol. The Morgan fingerprint density at radius 1 is 1.44 bits per heavy atom. The molecule has 5 nitrogen and oxygen atoms in total. The Morgan fingerprint density at radius 3 is 2.61 bits per heavy atom. The van der Waals surface area contributed by atoms with Gasteiger partial charge in [0, 0.05) is 26.2 Å². The standard InChI is InChI=1S/C13H22N4O/c1-14-10-4-6-11(7-5-10)17(3)13(18)12-8-15-9-16(12)2/h8-11,14H,4-7H2,1-3H3. The van der Waals surface area contributed by atoms with Crippen LogP contribution >= 0.6 is 0 Å². The number of hydrogen-bond acceptors (Lipinski definition) is 3. The van der Waals surface area contributed by atoms with E-state index in [-0.39, 0.29) is 5.91 Å². The lowest BCUT2D eigenvalue weighted by atomic mass is 9.90. The Kier molecular flexibility index (Phi) is 4.01. The molecule has 2 rings (SSSR count). The number of carbonyl (C=O) groups excluding carboxylic acids is 1. The van der Waals surface area contributed by atoms with Gasteiger partial charge < -0.3 is 14.8 Å². The maximum Gasteiger partial charge on any atom is 0.272 e. The predicted octanol–water partition coefficient (Wildman–Crippen LogP) is 1.02. The lowest BCUT2D eigenvalue weighted by Crippen LogP contribution is -2.43. The molecule has 1 aromatic heterocycles. The zero-order valence-corrected chi connectivity index (χ0v) is 11.4. The van der Waals surface area contributed by atoms with E-state index >= 15 is 0 Å². The first-order valence-corrected chi connectivity index (χ1v) is 6.54. The number of carbonyl (C=O) groups is 1. The summed E-state index contributed by atoms with van der Waals surface area (Å²) in [5.41, 5.74) is 0.660. The fourth-order valence-corrected chi connectivity index (χ4v) is 2.66. The Bertz CT molecular complexity index is 407. The van der Waals surface area contributed by atoms with Crippen molar-refractivity contribution in [3.63, 3.8) is 0 Å². The van der Waals surface area contributed by atoms with Crippen LogP contribution in [0.2, 0.25) is 0 Å². The summed E-state index contributed by atoms with van der Waals surface area (Å²) >= 11 is 0. The summed E-state index contributed by atoms with van der Waals surface area (Å²) in [6, 6.07) is 0.971. The van der Waals surface area contributed by atoms with Crippen LogP contribution in [0.5, 0.6) is 0 Å². The van der Waals surface area contributed by atoms with Crippen LogP contribution < -0.4 is 5.32 Å². The summed E-state index contributed by atoms with van der Waals surface area (Å²) in [6.07, 6.45) is 7.74. The molecule has 0 spiro atoms. The van der Waals surface area contributed by atoms with Crippen molar-refractivity contribution in [3.05, 3.63) is 18.2 Å². The summed E-state index contributed by atoms with van der Waals surface area (Å²) in [6.45, 7) is 0. The largest absolute Gasteiger partial charge is 0.337 e. The van der Waals surface area contributed by atoms with E-state index < -0.39 is 0 Å². The normalized spacial score (nSPS) is 23.9. The number of nitrogens with zero attached hydrogens (tertiary/aromatic N) is 3. The molecule has 0 bridgehead atoms. The number of hydrogen-bond donors (Lipinski definition) is 1. The molecule has 1 saturated carbocycles. The van der Waals surface area contributed by atoms with Crippen molar-refractivity contribution in [3.8, 4) is 0 Å². The minimum Gasteiger partial charge on any atom is -0.337 e. The van der Waals surface area contributed by atoms with Crippen molar-refractivity contribution in [2.24, 2.45) is 7.05 Å². The zero-order chi connectivity index (χ0) is 13.1. The van der Waals surface area contributed by atoms with Crippen LogP contribution in [0.3, 0.4) is 0 Å². The minimum absolute atomic E-state index is 0.0721. The first kappa shape index (κ1) is 13.1. The summed E-state index contributed by atoms with van der Waals surface area (Å²) in [5, 5.41) is 3.31. The topological polar surface area (TPSA) is 50.2 Å². The average Bonchev–Trinajstić information content (AvgIpc) is 2.83. The van der Waals surface area contributed by atoms with Gasteiger partial charge in [-0.25, -0.2) is 4.98 Å². The van der Waals surface area contributed by atoms with Crippen LogP contribution in [0.4, 0.5) is 0 Å². The van der Waals surface area contributed by atoms with Gasteiger partial charge in [-0.15, -0.1) is 0 Å². The van der Waals surface area contributed by atoms with Gasteiger partial charge in [-0.2, -0.15) is 0 Å². The maximum atomic E-state index is 12.3. The molecule has 1 aliphatic rings. The van der Waals surface area contributed by atoms with E-state index in [4.69, 9.17) is 0 Å². The Labute approximate surface area is 108 Å². The van der Waals surface area contributed by atoms with Crippen molar-refractivity contribution in [1.29, 1.82) is 0 Å². The molecular formula is C13H22N4O. The molecule has 0 radical (unpaired) electrons. The van der Waals surface area contributed by atoms with Crippen LogP contribution in [0, 0.1) is 0 Å². The smallest absolute Gasteiger partial charge is 0.272 e. The molecule has 1 heterocycles. The Hall–Kier alpha value is -1.36. The Balaban J connectivity index is 1.98. The van der Waals surface area contributed by atoms with Crippen molar-refractivity contribution < 1.29 is 4.79 Å². The van der Waals surface area contributed by atoms with Crippen molar-refractivity contribution in [2.45, 2.75) is 37.8 Å². The van der Waals surface area contributed by atoms with E-state index in [0.717, 1.165) is 25.7 Å². The molecular weight excluding hydrogens is 228 g/mol. The highest BCUT2D eigenvalue weighted by molar-refractivity contribution is 5.92. The van der Waals surface area contributed by atoms with Crippen LogP contribution in [-0.2, 0) is 7.05 Å². The molecule has 1 amide bonds. The first-order valence-electron chi connectivity index (χ1n) is 6.54. The van der Waals surface area contributed by atoms with E-state index in [1.165, 1.54) is 0 Å². The molecule has 1 aliphatic carbocycles. The summed E-state index contributed by atoms with van der Waals surface area (Å²) in [4.78, 5) is 18.2. The quantitative estimate of drug-likeness (QED) is 0.871. The molecule has 1 N–H and O–H groups in total. The summed E-state index contributed by atoms with van der Waals surface area (Å²) in [7, 11) is 5.77. The van der Waals surface area contributed by atoms with Crippen LogP contribution in [-0.4, -0.2) is 46.5 Å². The number of nitrogens with one attached hydrogen (secondary N) is 1. The van der Waals surface area contributed by atoms with Gasteiger partial charge in [-0.05, 0) is 32.7 Å². The Morgan fingerprint density at radius 2 is 2.11 bits per heavy atom. The van der Waals surface area contributed by atoms with Gasteiger partial charge in [0.25, 0.3) is 5.91 Å². The minimum atomic E-state index is 0.0721. The van der Waals surface area contributed by atoms with Crippen LogP contribution in [0.15, 0.2) is 12.5 Å². The highest BCUT2D eigenvalue weighted by Crippen LogP contribution is 2.23. The molecule has 0 atom stereocenters. The lowest BCUT2D eigenvalue weighted by molar-refractivity contribution is 0.0676. The summed E-state index contributed by atoms with van der Waals surface area (Å²) in [5.74, 6) is 0.0721. The van der Waals surface area contributed by atoms with Gasteiger partial charge in [0.05, 0.1) is 12.5 Å².